The van der Waals surface area contributed by atoms with E-state index in [0.29, 0.717) is 5.69 Å². The van der Waals surface area contributed by atoms with E-state index in [0.717, 1.165) is 5.56 Å². The van der Waals surface area contributed by atoms with Gasteiger partial charge in [-0.25, -0.2) is 0 Å². The van der Waals surface area contributed by atoms with Crippen molar-refractivity contribution in [3.05, 3.63) is 69.8 Å². The summed E-state index contributed by atoms with van der Waals surface area (Å²) < 4.78 is 0. The van der Waals surface area contributed by atoms with Crippen molar-refractivity contribution in [1.82, 2.24) is 0 Å². The number of nitrogens with one attached hydrogen (secondary N) is 1. The fourth-order valence-electron chi connectivity index (χ4n) is 1.74. The van der Waals surface area contributed by atoms with Crippen LogP contribution >= 0.6 is 0 Å². The van der Waals surface area contributed by atoms with Crippen LogP contribution in [0.5, 0.6) is 0 Å². The summed E-state index contributed by atoms with van der Waals surface area (Å²) in [5, 5.41) is 13.6. The fourth-order valence-corrected chi connectivity index (χ4v) is 1.74. The quantitative estimate of drug-likeness (QED) is 0.522. The van der Waals surface area contributed by atoms with E-state index in [9.17, 15) is 14.9 Å². The minimum atomic E-state index is -0.493. The van der Waals surface area contributed by atoms with E-state index in [1.807, 2.05) is 30.3 Å². The van der Waals surface area contributed by atoms with Crippen LogP contribution in [0.3, 0.4) is 0 Å². The minimum Gasteiger partial charge on any atom is -0.326 e. The van der Waals surface area contributed by atoms with Gasteiger partial charge in [-0.05, 0) is 24.3 Å². The molecule has 104 valence electrons. The molecule has 2 aromatic carbocycles. The average Bonchev–Trinajstić information content (AvgIpc) is 2.45. The lowest BCUT2D eigenvalue weighted by molar-refractivity contribution is -0.385. The SMILES string of the molecule is CC(=O)Nc1ccc([N+](=O)[O-])c(C#Cc2ccccc2)c1. The van der Waals surface area contributed by atoms with Gasteiger partial charge in [0.25, 0.3) is 5.69 Å². The number of hydrogen-bond acceptors (Lipinski definition) is 3. The highest BCUT2D eigenvalue weighted by molar-refractivity contribution is 5.89. The van der Waals surface area contributed by atoms with Gasteiger partial charge in [0.2, 0.25) is 5.91 Å². The Kier molecular flexibility index (Phi) is 4.32. The number of rotatable bonds is 2. The van der Waals surface area contributed by atoms with Crippen LogP contribution in [0.1, 0.15) is 18.1 Å². The Balaban J connectivity index is 2.42. The average molecular weight is 280 g/mol. The summed E-state index contributed by atoms with van der Waals surface area (Å²) in [6, 6.07) is 13.5. The van der Waals surface area contributed by atoms with Crippen LogP contribution in [0.4, 0.5) is 11.4 Å². The van der Waals surface area contributed by atoms with E-state index in [-0.39, 0.29) is 17.2 Å². The van der Waals surface area contributed by atoms with Gasteiger partial charge in [0.15, 0.2) is 0 Å². The van der Waals surface area contributed by atoms with Crippen LogP contribution in [0, 0.1) is 22.0 Å². The number of amides is 1. The first-order chi connectivity index (χ1) is 10.1. The lowest BCUT2D eigenvalue weighted by Crippen LogP contribution is -2.06. The van der Waals surface area contributed by atoms with Gasteiger partial charge in [-0.1, -0.05) is 30.0 Å². The number of hydrogen-bond donors (Lipinski definition) is 1. The van der Waals surface area contributed by atoms with Crippen LogP contribution in [0.25, 0.3) is 0 Å². The number of nitro benzene ring substituents is 1. The summed E-state index contributed by atoms with van der Waals surface area (Å²) in [4.78, 5) is 21.6. The second-order valence-electron chi connectivity index (χ2n) is 4.29. The topological polar surface area (TPSA) is 72.2 Å². The first-order valence-corrected chi connectivity index (χ1v) is 6.19. The number of nitrogens with zero attached hydrogens (tertiary/aromatic N) is 1. The van der Waals surface area contributed by atoms with Gasteiger partial charge in [0.1, 0.15) is 5.56 Å². The Labute approximate surface area is 121 Å². The number of benzene rings is 2. The first-order valence-electron chi connectivity index (χ1n) is 6.19. The van der Waals surface area contributed by atoms with Crippen molar-refractivity contribution >= 4 is 17.3 Å². The molecular weight excluding hydrogens is 268 g/mol. The van der Waals surface area contributed by atoms with Crippen LogP contribution in [0.2, 0.25) is 0 Å². The van der Waals surface area contributed by atoms with Gasteiger partial charge < -0.3 is 5.32 Å². The van der Waals surface area contributed by atoms with Gasteiger partial charge in [0, 0.05) is 24.2 Å². The highest BCUT2D eigenvalue weighted by Crippen LogP contribution is 2.22. The van der Waals surface area contributed by atoms with Crippen molar-refractivity contribution in [2.24, 2.45) is 0 Å². The molecular formula is C16H12N2O3. The van der Waals surface area contributed by atoms with Crippen LogP contribution in [-0.4, -0.2) is 10.8 Å². The Bertz CT molecular complexity index is 743. The van der Waals surface area contributed by atoms with Crippen molar-refractivity contribution in [2.75, 3.05) is 5.32 Å². The zero-order chi connectivity index (χ0) is 15.2. The standard InChI is InChI=1S/C16H12N2O3/c1-12(19)17-15-9-10-16(18(20)21)14(11-15)8-7-13-5-3-2-4-6-13/h2-6,9-11H,1H3,(H,17,19). The predicted molar refractivity (Wildman–Crippen MR) is 79.8 cm³/mol. The normalized spacial score (nSPS) is 9.38. The summed E-state index contributed by atoms with van der Waals surface area (Å²) in [6.45, 7) is 1.37. The maximum absolute atomic E-state index is 11.0. The zero-order valence-electron chi connectivity index (χ0n) is 11.3. The van der Waals surface area contributed by atoms with Crippen LogP contribution in [-0.2, 0) is 4.79 Å². The zero-order valence-corrected chi connectivity index (χ0v) is 11.3. The van der Waals surface area contributed by atoms with E-state index in [2.05, 4.69) is 17.2 Å². The van der Waals surface area contributed by atoms with E-state index in [4.69, 9.17) is 0 Å². The molecule has 0 heterocycles. The van der Waals surface area contributed by atoms with E-state index < -0.39 is 4.92 Å². The third-order valence-corrected chi connectivity index (χ3v) is 2.63. The molecule has 0 saturated heterocycles. The van der Waals surface area contributed by atoms with Gasteiger partial charge >= 0.3 is 0 Å². The summed E-state index contributed by atoms with van der Waals surface area (Å²) in [5.74, 6) is 5.41. The summed E-state index contributed by atoms with van der Waals surface area (Å²) in [5.41, 5.74) is 1.41. The van der Waals surface area contributed by atoms with Crippen molar-refractivity contribution in [3.63, 3.8) is 0 Å². The first kappa shape index (κ1) is 14.3. The molecule has 1 N–H and O–H groups in total. The lowest BCUT2D eigenvalue weighted by atomic mass is 10.1. The Morgan fingerprint density at radius 2 is 1.86 bits per heavy atom. The second-order valence-corrected chi connectivity index (χ2v) is 4.29. The van der Waals surface area contributed by atoms with Gasteiger partial charge in [-0.2, -0.15) is 0 Å². The maximum Gasteiger partial charge on any atom is 0.285 e. The molecule has 2 aromatic rings. The van der Waals surface area contributed by atoms with E-state index in [1.54, 1.807) is 0 Å². The molecule has 0 bridgehead atoms. The molecule has 0 aliphatic rings. The number of carbonyl (C=O) groups is 1. The Morgan fingerprint density at radius 3 is 2.48 bits per heavy atom. The molecule has 0 saturated carbocycles. The predicted octanol–water partition coefficient (Wildman–Crippen LogP) is 2.95. The molecule has 2 rings (SSSR count). The molecule has 0 unspecified atom stereocenters. The molecule has 1 amide bonds. The number of anilines is 1. The molecule has 0 radical (unpaired) electrons. The minimum absolute atomic E-state index is 0.0902. The third kappa shape index (κ3) is 3.91. The van der Waals surface area contributed by atoms with Crippen molar-refractivity contribution < 1.29 is 9.72 Å². The number of carbonyl (C=O) groups excluding carboxylic acids is 1. The van der Waals surface area contributed by atoms with Crippen molar-refractivity contribution in [2.45, 2.75) is 6.92 Å². The Morgan fingerprint density at radius 1 is 1.14 bits per heavy atom. The largest absolute Gasteiger partial charge is 0.326 e. The van der Waals surface area contributed by atoms with Gasteiger partial charge in [-0.3, -0.25) is 14.9 Å². The fraction of sp³-hybridized carbons (Fsp3) is 0.0625. The third-order valence-electron chi connectivity index (χ3n) is 2.63. The number of nitro groups is 1. The van der Waals surface area contributed by atoms with Crippen molar-refractivity contribution in [3.8, 4) is 11.8 Å². The van der Waals surface area contributed by atoms with Crippen molar-refractivity contribution in [1.29, 1.82) is 0 Å². The van der Waals surface area contributed by atoms with Crippen LogP contribution < -0.4 is 5.32 Å². The van der Waals surface area contributed by atoms with E-state index >= 15 is 0 Å². The lowest BCUT2D eigenvalue weighted by Gasteiger charge is -2.02. The second kappa shape index (κ2) is 6.35. The molecule has 21 heavy (non-hydrogen) atoms. The summed E-state index contributed by atoms with van der Waals surface area (Å²) >= 11 is 0. The van der Waals surface area contributed by atoms with E-state index in [1.165, 1.54) is 25.1 Å². The monoisotopic (exact) mass is 280 g/mol. The maximum atomic E-state index is 11.0. The molecule has 0 fully saturated rings. The van der Waals surface area contributed by atoms with Gasteiger partial charge in [-0.15, -0.1) is 0 Å². The molecule has 0 aliphatic heterocycles. The smallest absolute Gasteiger partial charge is 0.285 e. The molecule has 5 nitrogen and oxygen atoms in total. The molecule has 0 atom stereocenters. The summed E-state index contributed by atoms with van der Waals surface area (Å²) in [6.07, 6.45) is 0. The van der Waals surface area contributed by atoms with Crippen LogP contribution in [0.15, 0.2) is 48.5 Å². The molecule has 0 spiro atoms. The Hall–Kier alpha value is -3.13. The molecule has 0 aliphatic carbocycles. The highest BCUT2D eigenvalue weighted by Gasteiger charge is 2.12. The highest BCUT2D eigenvalue weighted by atomic mass is 16.6. The molecule has 5 heteroatoms. The van der Waals surface area contributed by atoms with Gasteiger partial charge in [0.05, 0.1) is 4.92 Å². The molecule has 0 aromatic heterocycles. The summed E-state index contributed by atoms with van der Waals surface area (Å²) in [7, 11) is 0.